The molecule has 1 N–H and O–H groups in total. The summed E-state index contributed by atoms with van der Waals surface area (Å²) in [4.78, 5) is 23.5. The second kappa shape index (κ2) is 9.02. The van der Waals surface area contributed by atoms with Crippen LogP contribution in [0.2, 0.25) is 0 Å². The van der Waals surface area contributed by atoms with Gasteiger partial charge in [0.25, 0.3) is 5.91 Å². The molecule has 0 atom stereocenters. The number of rotatable bonds is 7. The second-order valence-corrected chi connectivity index (χ2v) is 10.8. The van der Waals surface area contributed by atoms with Crippen LogP contribution >= 0.6 is 20.7 Å². The fraction of sp³-hybridized carbons (Fsp3) is 0.0952. The van der Waals surface area contributed by atoms with Gasteiger partial charge in [-0.25, -0.2) is 8.42 Å². The number of pyridine rings is 3. The van der Waals surface area contributed by atoms with Crippen molar-refractivity contribution in [2.24, 2.45) is 0 Å². The number of aromatic nitrogens is 3. The zero-order valence-corrected chi connectivity index (χ0v) is 19.7. The predicted molar refractivity (Wildman–Crippen MR) is 124 cm³/mol. The SMILES string of the molecule is C=IC(F)(F)c1ccc(S(=O)(=O)c2ccc(CNC(=O)c3cc4ccncc4o3)nc2)cn1. The summed E-state index contributed by atoms with van der Waals surface area (Å²) in [5.74, 6) is -0.350. The lowest BCUT2D eigenvalue weighted by Gasteiger charge is -2.10. The van der Waals surface area contributed by atoms with E-state index in [1.54, 1.807) is 18.3 Å². The minimum absolute atomic E-state index is 0.0356. The first-order valence-corrected chi connectivity index (χ1v) is 13.3. The van der Waals surface area contributed by atoms with Crippen LogP contribution in [0.4, 0.5) is 8.78 Å². The molecule has 4 aromatic heterocycles. The van der Waals surface area contributed by atoms with Gasteiger partial charge in [0.05, 0.1) is 28.2 Å². The molecule has 0 saturated heterocycles. The van der Waals surface area contributed by atoms with E-state index < -0.39 is 46.1 Å². The molecule has 0 aliphatic rings. The van der Waals surface area contributed by atoms with Crippen molar-refractivity contribution in [3.8, 4) is 0 Å². The van der Waals surface area contributed by atoms with Crippen LogP contribution in [0.3, 0.4) is 0 Å². The number of carbonyl (C=O) groups excluding carboxylic acids is 1. The topological polar surface area (TPSA) is 115 Å². The molecule has 0 fully saturated rings. The summed E-state index contributed by atoms with van der Waals surface area (Å²) in [5, 5.41) is 3.38. The van der Waals surface area contributed by atoms with Crippen molar-refractivity contribution in [2.75, 3.05) is 0 Å². The number of nitrogens with one attached hydrogen (secondary N) is 1. The highest BCUT2D eigenvalue weighted by atomic mass is 127. The van der Waals surface area contributed by atoms with E-state index in [-0.39, 0.29) is 22.1 Å². The number of nitrogens with zero attached hydrogens (tertiary/aromatic N) is 3. The summed E-state index contributed by atoms with van der Waals surface area (Å²) >= 11 is -1.68. The van der Waals surface area contributed by atoms with Crippen molar-refractivity contribution in [1.29, 1.82) is 0 Å². The van der Waals surface area contributed by atoms with Crippen LogP contribution in [0.1, 0.15) is 21.9 Å². The molecule has 0 aromatic carbocycles. The third kappa shape index (κ3) is 4.80. The lowest BCUT2D eigenvalue weighted by atomic mass is 10.3. The van der Waals surface area contributed by atoms with Crippen molar-refractivity contribution in [3.05, 3.63) is 78.3 Å². The molecule has 4 heterocycles. The smallest absolute Gasteiger partial charge is 0.332 e. The van der Waals surface area contributed by atoms with Gasteiger partial charge in [0.15, 0.2) is 11.3 Å². The highest BCUT2D eigenvalue weighted by Crippen LogP contribution is 2.37. The number of furan rings is 1. The average molecular weight is 584 g/mol. The highest BCUT2D eigenvalue weighted by molar-refractivity contribution is 14.2. The number of halogens is 3. The van der Waals surface area contributed by atoms with Gasteiger partial charge in [-0.05, 0) is 57.1 Å². The molecule has 0 unspecified atom stereocenters. The Balaban J connectivity index is 1.45. The monoisotopic (exact) mass is 584 g/mol. The fourth-order valence-electron chi connectivity index (χ4n) is 2.84. The van der Waals surface area contributed by atoms with E-state index in [4.69, 9.17) is 4.42 Å². The largest absolute Gasteiger partial charge is 0.449 e. The quantitative estimate of drug-likeness (QED) is 0.260. The minimum atomic E-state index is -4.00. The van der Waals surface area contributed by atoms with Crippen LogP contribution in [-0.4, -0.2) is 33.8 Å². The van der Waals surface area contributed by atoms with Crippen LogP contribution in [0.25, 0.3) is 11.0 Å². The Bertz CT molecular complexity index is 1410. The molecule has 170 valence electrons. The van der Waals surface area contributed by atoms with Crippen molar-refractivity contribution < 1.29 is 26.4 Å². The summed E-state index contributed by atoms with van der Waals surface area (Å²) in [5.41, 5.74) is 0.385. The molecule has 0 spiro atoms. The van der Waals surface area contributed by atoms with E-state index in [0.717, 1.165) is 29.9 Å². The van der Waals surface area contributed by atoms with Crippen LogP contribution in [0.5, 0.6) is 0 Å². The molecule has 0 saturated carbocycles. The lowest BCUT2D eigenvalue weighted by Crippen LogP contribution is -2.22. The summed E-state index contributed by atoms with van der Waals surface area (Å²) < 4.78 is 58.5. The fourth-order valence-corrected chi connectivity index (χ4v) is 4.70. The second-order valence-electron chi connectivity index (χ2n) is 6.71. The molecule has 4 rings (SSSR count). The molecule has 12 heteroatoms. The molecular formula is C21H15F2IN4O4S. The first-order chi connectivity index (χ1) is 15.7. The number of carbonyl (C=O) groups is 1. The van der Waals surface area contributed by atoms with E-state index in [1.807, 2.05) is 0 Å². The Labute approximate surface area is 196 Å². The zero-order valence-electron chi connectivity index (χ0n) is 16.7. The van der Waals surface area contributed by atoms with Crippen LogP contribution in [0.15, 0.2) is 75.4 Å². The van der Waals surface area contributed by atoms with Crippen LogP contribution in [0, 0.1) is 0 Å². The van der Waals surface area contributed by atoms with Gasteiger partial charge >= 0.3 is 3.93 Å². The van der Waals surface area contributed by atoms with E-state index in [2.05, 4.69) is 24.8 Å². The van der Waals surface area contributed by atoms with Gasteiger partial charge in [0, 0.05) is 24.0 Å². The van der Waals surface area contributed by atoms with Gasteiger partial charge in [-0.2, -0.15) is 8.78 Å². The maximum atomic E-state index is 13.7. The van der Waals surface area contributed by atoms with Crippen LogP contribution < -0.4 is 5.32 Å². The normalized spacial score (nSPS) is 12.1. The van der Waals surface area contributed by atoms with Gasteiger partial charge in [0.2, 0.25) is 9.84 Å². The number of amides is 1. The first-order valence-electron chi connectivity index (χ1n) is 9.26. The van der Waals surface area contributed by atoms with E-state index in [9.17, 15) is 22.0 Å². The Morgan fingerprint density at radius 1 is 1.09 bits per heavy atom. The molecular weight excluding hydrogens is 569 g/mol. The summed E-state index contributed by atoms with van der Waals surface area (Å²) in [7, 11) is -4.00. The molecule has 0 bridgehead atoms. The number of alkyl halides is 3. The lowest BCUT2D eigenvalue weighted by molar-refractivity contribution is 0.0924. The number of hydrogen-bond acceptors (Lipinski definition) is 7. The molecule has 4 aromatic rings. The third-order valence-electron chi connectivity index (χ3n) is 4.59. The molecule has 0 aliphatic carbocycles. The molecule has 1 amide bonds. The molecule has 8 nitrogen and oxygen atoms in total. The Morgan fingerprint density at radius 3 is 2.42 bits per heavy atom. The Hall–Kier alpha value is -3.13. The third-order valence-corrected chi connectivity index (χ3v) is 7.82. The summed E-state index contributed by atoms with van der Waals surface area (Å²) in [6.07, 6.45) is 5.12. The standard InChI is InChI=1S/C21H15F2IN4O4S/c1-24-21(22,23)19-5-4-16(11-27-19)33(30,31)15-3-2-14(26-10-15)9-28-20(29)17-8-13-6-7-25-12-18(13)32-17/h2-8,10-12H,1,9H2,(H,28,29). The molecule has 33 heavy (non-hydrogen) atoms. The Kier molecular flexibility index (Phi) is 6.30. The van der Waals surface area contributed by atoms with Crippen molar-refractivity contribution in [2.45, 2.75) is 20.3 Å². The maximum absolute atomic E-state index is 13.7. The van der Waals surface area contributed by atoms with Crippen molar-refractivity contribution >= 4 is 52.0 Å². The maximum Gasteiger partial charge on any atom is 0.332 e. The zero-order chi connectivity index (χ0) is 23.6. The highest BCUT2D eigenvalue weighted by Gasteiger charge is 2.30. The predicted octanol–water partition coefficient (Wildman–Crippen LogP) is 3.83. The van der Waals surface area contributed by atoms with Gasteiger partial charge in [-0.15, -0.1) is 0 Å². The van der Waals surface area contributed by atoms with Crippen molar-refractivity contribution in [1.82, 2.24) is 20.3 Å². The molecule has 0 radical (unpaired) electrons. The van der Waals surface area contributed by atoms with E-state index in [0.29, 0.717) is 11.3 Å². The average Bonchev–Trinajstić information content (AvgIpc) is 3.27. The van der Waals surface area contributed by atoms with Gasteiger partial charge < -0.3 is 9.73 Å². The van der Waals surface area contributed by atoms with E-state index in [1.165, 1.54) is 18.3 Å². The summed E-state index contributed by atoms with van der Waals surface area (Å²) in [6, 6.07) is 8.14. The van der Waals surface area contributed by atoms with Gasteiger partial charge in [-0.1, -0.05) is 4.51 Å². The van der Waals surface area contributed by atoms with Gasteiger partial charge in [0.1, 0.15) is 5.69 Å². The summed E-state index contributed by atoms with van der Waals surface area (Å²) in [6.45, 7) is 0.0356. The van der Waals surface area contributed by atoms with E-state index >= 15 is 0 Å². The minimum Gasteiger partial charge on any atom is -0.449 e. The number of fused-ring (bicyclic) bond motifs is 1. The number of sulfone groups is 1. The van der Waals surface area contributed by atoms with Crippen molar-refractivity contribution in [3.63, 3.8) is 0 Å². The van der Waals surface area contributed by atoms with Gasteiger partial charge in [-0.3, -0.25) is 19.7 Å². The first kappa shape index (κ1) is 23.0. The Morgan fingerprint density at radius 2 is 1.82 bits per heavy atom. The molecule has 0 aliphatic heterocycles. The van der Waals surface area contributed by atoms with Crippen LogP contribution in [-0.2, 0) is 20.3 Å². The number of hydrogen-bond donors (Lipinski definition) is 1.